The number of rotatable bonds is 4. The lowest BCUT2D eigenvalue weighted by atomic mass is 9.94. The van der Waals surface area contributed by atoms with Gasteiger partial charge in [-0.2, -0.15) is 17.0 Å². The van der Waals surface area contributed by atoms with Gasteiger partial charge in [-0.1, -0.05) is 6.07 Å². The monoisotopic (exact) mass is 357 g/mol. The van der Waals surface area contributed by atoms with Crippen LogP contribution in [0.5, 0.6) is 0 Å². The molecule has 128 valence electrons. The number of hydrogen-bond acceptors (Lipinski definition) is 4. The summed E-state index contributed by atoms with van der Waals surface area (Å²) in [6.07, 6.45) is 2.30. The standard InChI is InChI=1S/C15H23N3O3S2/c1-16(2)23(20,21)17-9-12-5-6-13(11-17)18(10-12)15(19)8-14-4-3-7-22-14/h3-4,7,12-13H,5-6,8-11H2,1-2H3/t12-,13+/m1/s1. The fraction of sp³-hybridized carbons (Fsp3) is 0.667. The molecule has 6 nitrogen and oxygen atoms in total. The van der Waals surface area contributed by atoms with E-state index in [1.54, 1.807) is 29.7 Å². The van der Waals surface area contributed by atoms with Crippen LogP contribution >= 0.6 is 11.3 Å². The predicted molar refractivity (Wildman–Crippen MR) is 90.4 cm³/mol. The Morgan fingerprint density at radius 2 is 2.09 bits per heavy atom. The topological polar surface area (TPSA) is 60.9 Å². The Labute approximate surface area is 141 Å². The van der Waals surface area contributed by atoms with Gasteiger partial charge in [0.2, 0.25) is 5.91 Å². The molecule has 3 aliphatic rings. The Morgan fingerprint density at radius 1 is 1.30 bits per heavy atom. The number of amides is 1. The molecule has 0 aromatic carbocycles. The van der Waals surface area contributed by atoms with Gasteiger partial charge in [-0.25, -0.2) is 0 Å². The Hall–Kier alpha value is -0.960. The molecule has 1 aromatic heterocycles. The SMILES string of the molecule is CN(C)S(=O)(=O)N1C[C@H]2CC[C@@H](C1)N(C(=O)Cc1cccs1)C2. The van der Waals surface area contributed by atoms with Gasteiger partial charge in [-0.15, -0.1) is 11.3 Å². The first-order chi connectivity index (χ1) is 10.9. The molecule has 0 spiro atoms. The van der Waals surface area contributed by atoms with E-state index in [2.05, 4.69) is 0 Å². The van der Waals surface area contributed by atoms with Crippen LogP contribution in [0.1, 0.15) is 17.7 Å². The minimum atomic E-state index is -3.42. The Bertz CT molecular complexity index is 658. The highest BCUT2D eigenvalue weighted by atomic mass is 32.2. The van der Waals surface area contributed by atoms with Crippen molar-refractivity contribution < 1.29 is 13.2 Å². The number of hydrogen-bond donors (Lipinski definition) is 0. The third-order valence-electron chi connectivity index (χ3n) is 4.69. The molecule has 3 saturated heterocycles. The van der Waals surface area contributed by atoms with Crippen molar-refractivity contribution >= 4 is 27.5 Å². The van der Waals surface area contributed by atoms with Gasteiger partial charge >= 0.3 is 0 Å². The zero-order chi connectivity index (χ0) is 16.6. The molecule has 2 atom stereocenters. The zero-order valence-corrected chi connectivity index (χ0v) is 15.1. The number of carbonyl (C=O) groups excluding carboxylic acids is 1. The molecule has 1 aromatic rings. The number of carbonyl (C=O) groups is 1. The quantitative estimate of drug-likeness (QED) is 0.808. The van der Waals surface area contributed by atoms with E-state index >= 15 is 0 Å². The molecule has 0 aliphatic carbocycles. The molecule has 23 heavy (non-hydrogen) atoms. The van der Waals surface area contributed by atoms with Crippen molar-refractivity contribution in [3.63, 3.8) is 0 Å². The summed E-state index contributed by atoms with van der Waals surface area (Å²) in [7, 11) is -0.303. The maximum absolute atomic E-state index is 12.7. The second kappa shape index (κ2) is 6.51. The number of nitrogens with zero attached hydrogens (tertiary/aromatic N) is 3. The Balaban J connectivity index is 1.75. The third kappa shape index (κ3) is 3.45. The van der Waals surface area contributed by atoms with Gasteiger partial charge in [0, 0.05) is 44.6 Å². The van der Waals surface area contributed by atoms with Crippen LogP contribution in [0.25, 0.3) is 0 Å². The molecular weight excluding hydrogens is 334 g/mol. The highest BCUT2D eigenvalue weighted by molar-refractivity contribution is 7.86. The minimum Gasteiger partial charge on any atom is -0.338 e. The maximum Gasteiger partial charge on any atom is 0.281 e. The average Bonchev–Trinajstić information content (AvgIpc) is 2.82. The Morgan fingerprint density at radius 3 is 2.74 bits per heavy atom. The van der Waals surface area contributed by atoms with Crippen LogP contribution in [0.15, 0.2) is 17.5 Å². The molecule has 0 N–H and O–H groups in total. The van der Waals surface area contributed by atoms with Crippen LogP contribution in [0.2, 0.25) is 0 Å². The van der Waals surface area contributed by atoms with E-state index in [9.17, 15) is 13.2 Å². The van der Waals surface area contributed by atoms with Crippen molar-refractivity contribution in [2.75, 3.05) is 33.7 Å². The largest absolute Gasteiger partial charge is 0.338 e. The summed E-state index contributed by atoms with van der Waals surface area (Å²) in [6.45, 7) is 1.60. The van der Waals surface area contributed by atoms with E-state index < -0.39 is 10.2 Å². The van der Waals surface area contributed by atoms with E-state index in [0.717, 1.165) is 17.7 Å². The summed E-state index contributed by atoms with van der Waals surface area (Å²) < 4.78 is 27.7. The first-order valence-corrected chi connectivity index (χ1v) is 10.1. The summed E-state index contributed by atoms with van der Waals surface area (Å²) >= 11 is 1.59. The van der Waals surface area contributed by atoms with Gasteiger partial charge in [-0.3, -0.25) is 4.79 Å². The molecule has 4 rings (SSSR count). The molecule has 0 unspecified atom stereocenters. The molecule has 2 bridgehead atoms. The normalized spacial score (nSPS) is 25.8. The van der Waals surface area contributed by atoms with Crippen LogP contribution in [0, 0.1) is 5.92 Å². The highest BCUT2D eigenvalue weighted by Gasteiger charge is 2.41. The van der Waals surface area contributed by atoms with Crippen molar-refractivity contribution in [1.29, 1.82) is 0 Å². The van der Waals surface area contributed by atoms with Crippen molar-refractivity contribution in [3.05, 3.63) is 22.4 Å². The minimum absolute atomic E-state index is 0.00376. The van der Waals surface area contributed by atoms with Gasteiger partial charge in [0.15, 0.2) is 0 Å². The summed E-state index contributed by atoms with van der Waals surface area (Å²) in [6, 6.07) is 3.92. The lowest BCUT2D eigenvalue weighted by Crippen LogP contribution is -2.49. The predicted octanol–water partition coefficient (Wildman–Crippen LogP) is 1.02. The van der Waals surface area contributed by atoms with E-state index in [1.807, 2.05) is 22.4 Å². The molecule has 3 aliphatic heterocycles. The molecule has 4 heterocycles. The summed E-state index contributed by atoms with van der Waals surface area (Å²) in [5.74, 6) is 0.349. The van der Waals surface area contributed by atoms with Gasteiger partial charge in [0.25, 0.3) is 10.2 Å². The number of piperidine rings is 1. The summed E-state index contributed by atoms with van der Waals surface area (Å²) in [4.78, 5) is 15.6. The Kier molecular flexibility index (Phi) is 4.78. The van der Waals surface area contributed by atoms with E-state index in [1.165, 1.54) is 4.31 Å². The van der Waals surface area contributed by atoms with Crippen molar-refractivity contribution in [3.8, 4) is 0 Å². The number of fused-ring (bicyclic) bond motifs is 4. The lowest BCUT2D eigenvalue weighted by molar-refractivity contribution is -0.134. The summed E-state index contributed by atoms with van der Waals surface area (Å²) in [5, 5.41) is 1.97. The molecule has 8 heteroatoms. The second-order valence-electron chi connectivity index (χ2n) is 6.51. The van der Waals surface area contributed by atoms with Gasteiger partial charge in [0.05, 0.1) is 6.42 Å². The van der Waals surface area contributed by atoms with Gasteiger partial charge < -0.3 is 4.90 Å². The molecule has 0 radical (unpaired) electrons. The van der Waals surface area contributed by atoms with E-state index in [4.69, 9.17) is 0 Å². The molecule has 1 amide bonds. The van der Waals surface area contributed by atoms with Crippen LogP contribution in [-0.4, -0.2) is 67.6 Å². The van der Waals surface area contributed by atoms with E-state index in [0.29, 0.717) is 26.1 Å². The summed E-state index contributed by atoms with van der Waals surface area (Å²) in [5.41, 5.74) is 0. The first kappa shape index (κ1) is 16.9. The highest BCUT2D eigenvalue weighted by Crippen LogP contribution is 2.30. The zero-order valence-electron chi connectivity index (χ0n) is 13.5. The van der Waals surface area contributed by atoms with Crippen LogP contribution in [0.4, 0.5) is 0 Å². The maximum atomic E-state index is 12.7. The van der Waals surface area contributed by atoms with Crippen molar-refractivity contribution in [2.45, 2.75) is 25.3 Å². The molecule has 3 fully saturated rings. The van der Waals surface area contributed by atoms with Crippen molar-refractivity contribution in [1.82, 2.24) is 13.5 Å². The van der Waals surface area contributed by atoms with Gasteiger partial charge in [0.1, 0.15) is 0 Å². The smallest absolute Gasteiger partial charge is 0.281 e. The van der Waals surface area contributed by atoms with Crippen molar-refractivity contribution in [2.24, 2.45) is 5.92 Å². The van der Waals surface area contributed by atoms with Gasteiger partial charge in [-0.05, 0) is 30.2 Å². The van der Waals surface area contributed by atoms with Crippen LogP contribution in [0.3, 0.4) is 0 Å². The average molecular weight is 358 g/mol. The number of thiophene rings is 1. The third-order valence-corrected chi connectivity index (χ3v) is 7.44. The van der Waals surface area contributed by atoms with Crippen LogP contribution < -0.4 is 0 Å². The molecule has 0 saturated carbocycles. The molecular formula is C15H23N3O3S2. The lowest BCUT2D eigenvalue weighted by Gasteiger charge is -2.36. The fourth-order valence-corrected chi connectivity index (χ4v) is 5.34. The van der Waals surface area contributed by atoms with E-state index in [-0.39, 0.29) is 17.9 Å². The first-order valence-electron chi connectivity index (χ1n) is 7.87. The second-order valence-corrected chi connectivity index (χ2v) is 9.68. The van der Waals surface area contributed by atoms with Crippen LogP contribution in [-0.2, 0) is 21.4 Å². The fourth-order valence-electron chi connectivity index (χ4n) is 3.43.